The van der Waals surface area contributed by atoms with Crippen LogP contribution in [0.3, 0.4) is 0 Å². The summed E-state index contributed by atoms with van der Waals surface area (Å²) in [6.45, 7) is 2.05. The van der Waals surface area contributed by atoms with E-state index in [9.17, 15) is 4.79 Å². The third kappa shape index (κ3) is 3.59. The smallest absolute Gasteiger partial charge is 0.223 e. The molecule has 1 saturated heterocycles. The summed E-state index contributed by atoms with van der Waals surface area (Å²) in [6.07, 6.45) is 7.53. The number of carbonyl (C=O) groups is 1. The number of fused-ring (bicyclic) bond motifs is 1. The van der Waals surface area contributed by atoms with Gasteiger partial charge in [-0.1, -0.05) is 25.0 Å². The fourth-order valence-electron chi connectivity index (χ4n) is 4.40. The number of benzene rings is 1. The molecule has 0 aromatic heterocycles. The van der Waals surface area contributed by atoms with Crippen molar-refractivity contribution in [3.8, 4) is 5.75 Å². The Balaban J connectivity index is 1.25. The van der Waals surface area contributed by atoms with Gasteiger partial charge < -0.3 is 14.8 Å². The van der Waals surface area contributed by atoms with E-state index in [1.54, 1.807) is 0 Å². The van der Waals surface area contributed by atoms with Gasteiger partial charge in [0.25, 0.3) is 0 Å². The monoisotopic (exact) mass is 329 g/mol. The summed E-state index contributed by atoms with van der Waals surface area (Å²) >= 11 is 0. The quantitative estimate of drug-likeness (QED) is 0.871. The molecule has 1 unspecified atom stereocenters. The van der Waals surface area contributed by atoms with E-state index in [0.717, 1.165) is 30.8 Å². The average Bonchev–Trinajstić information content (AvgIpc) is 3.11. The van der Waals surface area contributed by atoms with Crippen LogP contribution in [0.2, 0.25) is 0 Å². The molecular weight excluding hydrogens is 302 g/mol. The van der Waals surface area contributed by atoms with Gasteiger partial charge in [0.2, 0.25) is 5.91 Å². The van der Waals surface area contributed by atoms with E-state index in [0.29, 0.717) is 25.0 Å². The molecule has 1 N–H and O–H groups in total. The van der Waals surface area contributed by atoms with E-state index in [4.69, 9.17) is 9.47 Å². The number of amides is 1. The lowest BCUT2D eigenvalue weighted by Gasteiger charge is -2.12. The van der Waals surface area contributed by atoms with Gasteiger partial charge in [-0.25, -0.2) is 0 Å². The van der Waals surface area contributed by atoms with E-state index < -0.39 is 0 Å². The molecule has 0 spiro atoms. The Bertz CT molecular complexity index is 570. The van der Waals surface area contributed by atoms with Crippen LogP contribution in [-0.4, -0.2) is 25.2 Å². The van der Waals surface area contributed by atoms with Crippen molar-refractivity contribution >= 4 is 5.91 Å². The molecule has 4 nitrogen and oxygen atoms in total. The van der Waals surface area contributed by atoms with Crippen LogP contribution < -0.4 is 10.1 Å². The molecule has 4 atom stereocenters. The minimum atomic E-state index is 0.228. The normalized spacial score (nSPS) is 31.3. The molecule has 1 heterocycles. The molecule has 4 rings (SSSR count). The molecule has 0 bridgehead atoms. The Hall–Kier alpha value is -1.55. The minimum Gasteiger partial charge on any atom is -0.491 e. The second kappa shape index (κ2) is 7.14. The predicted octanol–water partition coefficient (Wildman–Crippen LogP) is 3.30. The molecule has 1 aromatic rings. The van der Waals surface area contributed by atoms with Crippen molar-refractivity contribution in [1.82, 2.24) is 5.32 Å². The van der Waals surface area contributed by atoms with Gasteiger partial charge in [-0.2, -0.15) is 0 Å². The van der Waals surface area contributed by atoms with Crippen molar-refractivity contribution in [2.75, 3.05) is 13.2 Å². The van der Waals surface area contributed by atoms with Crippen LogP contribution in [0, 0.1) is 17.8 Å². The Morgan fingerprint density at radius 2 is 2.00 bits per heavy atom. The van der Waals surface area contributed by atoms with Crippen LogP contribution in [0.1, 0.15) is 44.1 Å². The van der Waals surface area contributed by atoms with E-state index >= 15 is 0 Å². The molecular formula is C20H27NO3. The lowest BCUT2D eigenvalue weighted by atomic mass is 10.0. The highest BCUT2D eigenvalue weighted by Crippen LogP contribution is 2.55. The van der Waals surface area contributed by atoms with Crippen molar-refractivity contribution in [3.63, 3.8) is 0 Å². The highest BCUT2D eigenvalue weighted by molar-refractivity contribution is 5.82. The summed E-state index contributed by atoms with van der Waals surface area (Å²) in [5.41, 5.74) is 1.09. The first-order valence-electron chi connectivity index (χ1n) is 9.42. The average molecular weight is 329 g/mol. The zero-order valence-electron chi connectivity index (χ0n) is 14.2. The Morgan fingerprint density at radius 1 is 1.17 bits per heavy atom. The summed E-state index contributed by atoms with van der Waals surface area (Å²) in [6, 6.07) is 8.02. The molecule has 0 radical (unpaired) electrons. The maximum Gasteiger partial charge on any atom is 0.223 e. The van der Waals surface area contributed by atoms with E-state index in [2.05, 4.69) is 5.32 Å². The number of ether oxygens (including phenoxy) is 2. The van der Waals surface area contributed by atoms with Crippen molar-refractivity contribution < 1.29 is 14.3 Å². The zero-order valence-corrected chi connectivity index (χ0v) is 14.2. The summed E-state index contributed by atoms with van der Waals surface area (Å²) in [4.78, 5) is 12.4. The number of hydrogen-bond donors (Lipinski definition) is 1. The maximum absolute atomic E-state index is 12.4. The molecule has 1 aliphatic heterocycles. The lowest BCUT2D eigenvalue weighted by Crippen LogP contribution is -2.25. The van der Waals surface area contributed by atoms with Crippen LogP contribution in [0.15, 0.2) is 24.3 Å². The second-order valence-electron chi connectivity index (χ2n) is 7.45. The Morgan fingerprint density at radius 3 is 2.75 bits per heavy atom. The fourth-order valence-corrected chi connectivity index (χ4v) is 4.40. The van der Waals surface area contributed by atoms with Gasteiger partial charge in [-0.05, 0) is 55.2 Å². The first-order chi connectivity index (χ1) is 11.8. The van der Waals surface area contributed by atoms with Crippen molar-refractivity contribution in [2.24, 2.45) is 17.8 Å². The standard InChI is InChI=1S/C20H27NO3/c22-20(19-17-8-1-2-9-18(17)19)21-12-14-5-3-6-15(11-14)24-13-16-7-4-10-23-16/h3,5-6,11,16-19H,1-2,4,7-10,12-13H2,(H,21,22)/t16-,17-,18+,19?/m1/s1. The molecule has 1 amide bonds. The van der Waals surface area contributed by atoms with Gasteiger partial charge in [0.1, 0.15) is 12.4 Å². The first-order valence-corrected chi connectivity index (χ1v) is 9.42. The number of rotatable bonds is 6. The highest BCUT2D eigenvalue weighted by Gasteiger charge is 2.54. The van der Waals surface area contributed by atoms with Gasteiger partial charge >= 0.3 is 0 Å². The maximum atomic E-state index is 12.4. The Kier molecular flexibility index (Phi) is 4.74. The summed E-state index contributed by atoms with van der Waals surface area (Å²) in [7, 11) is 0. The van der Waals surface area contributed by atoms with Crippen molar-refractivity contribution in [1.29, 1.82) is 0 Å². The molecule has 1 aromatic carbocycles. The molecule has 2 saturated carbocycles. The summed E-state index contributed by atoms with van der Waals surface area (Å²) in [5.74, 6) is 2.72. The van der Waals surface area contributed by atoms with E-state index in [1.165, 1.54) is 25.7 Å². The largest absolute Gasteiger partial charge is 0.491 e. The van der Waals surface area contributed by atoms with Crippen LogP contribution in [-0.2, 0) is 16.1 Å². The first kappa shape index (κ1) is 15.9. The van der Waals surface area contributed by atoms with Gasteiger partial charge in [-0.15, -0.1) is 0 Å². The van der Waals surface area contributed by atoms with Crippen LogP contribution in [0.4, 0.5) is 0 Å². The highest BCUT2D eigenvalue weighted by atomic mass is 16.5. The lowest BCUT2D eigenvalue weighted by molar-refractivity contribution is -0.123. The second-order valence-corrected chi connectivity index (χ2v) is 7.45. The number of hydrogen-bond acceptors (Lipinski definition) is 3. The van der Waals surface area contributed by atoms with Gasteiger partial charge in [0, 0.05) is 19.1 Å². The third-order valence-corrected chi connectivity index (χ3v) is 5.78. The summed E-state index contributed by atoms with van der Waals surface area (Å²) < 4.78 is 11.4. The molecule has 24 heavy (non-hydrogen) atoms. The van der Waals surface area contributed by atoms with Gasteiger partial charge in [-0.3, -0.25) is 4.79 Å². The van der Waals surface area contributed by atoms with Crippen LogP contribution >= 0.6 is 0 Å². The van der Waals surface area contributed by atoms with E-state index in [1.807, 2.05) is 24.3 Å². The number of carbonyl (C=O) groups excluding carboxylic acids is 1. The fraction of sp³-hybridized carbons (Fsp3) is 0.650. The SMILES string of the molecule is O=C(NCc1cccc(OC[C@H]2CCCO2)c1)C1[C@H]2CCCC[C@@H]12. The molecule has 2 aliphatic carbocycles. The predicted molar refractivity (Wildman–Crippen MR) is 91.7 cm³/mol. The van der Waals surface area contributed by atoms with Gasteiger partial charge in [0.15, 0.2) is 0 Å². The zero-order chi connectivity index (χ0) is 16.4. The van der Waals surface area contributed by atoms with Crippen molar-refractivity contribution in [2.45, 2.75) is 51.2 Å². The van der Waals surface area contributed by atoms with E-state index in [-0.39, 0.29) is 17.9 Å². The minimum absolute atomic E-state index is 0.228. The van der Waals surface area contributed by atoms with Crippen LogP contribution in [0.5, 0.6) is 5.75 Å². The van der Waals surface area contributed by atoms with Gasteiger partial charge in [0.05, 0.1) is 6.10 Å². The molecule has 3 fully saturated rings. The molecule has 130 valence electrons. The summed E-state index contributed by atoms with van der Waals surface area (Å²) in [5, 5.41) is 3.12. The van der Waals surface area contributed by atoms with Crippen LogP contribution in [0.25, 0.3) is 0 Å². The molecule has 3 aliphatic rings. The number of nitrogens with one attached hydrogen (secondary N) is 1. The molecule has 4 heteroatoms. The third-order valence-electron chi connectivity index (χ3n) is 5.78. The van der Waals surface area contributed by atoms with Crippen molar-refractivity contribution in [3.05, 3.63) is 29.8 Å². The topological polar surface area (TPSA) is 47.6 Å². The Labute approximate surface area is 143 Å².